The third kappa shape index (κ3) is 5.10. The first-order chi connectivity index (χ1) is 22.9. The first-order valence-corrected chi connectivity index (χ1v) is 15.2. The number of nitrogens with zero attached hydrogens (tertiary/aromatic N) is 3. The number of fused-ring (bicyclic) bond motifs is 2. The maximum Gasteiger partial charge on any atom is 0.251 e. The second-order valence-electron chi connectivity index (χ2n) is 12.3. The van der Waals surface area contributed by atoms with Crippen molar-refractivity contribution in [2.45, 2.75) is 36.8 Å². The number of halogens is 3. The van der Waals surface area contributed by atoms with Crippen LogP contribution in [0.15, 0.2) is 66.9 Å². The number of nitrogens with two attached hydrogens (primary N) is 1. The predicted molar refractivity (Wildman–Crippen MR) is 168 cm³/mol. The Morgan fingerprint density at radius 3 is 2.52 bits per heavy atom. The number of nitrogens with one attached hydrogen (secondary N) is 1. The minimum absolute atomic E-state index is 0.0726. The summed E-state index contributed by atoms with van der Waals surface area (Å²) in [6.07, 6.45) is 3.90. The molecule has 4 N–H and O–H groups in total. The zero-order valence-corrected chi connectivity index (χ0v) is 25.9. The highest BCUT2D eigenvalue weighted by molar-refractivity contribution is 6.00. The lowest BCUT2D eigenvalue weighted by molar-refractivity contribution is -0.123. The minimum atomic E-state index is -2.10. The Hall–Kier alpha value is -5.43. The molecule has 1 saturated carbocycles. The van der Waals surface area contributed by atoms with Gasteiger partial charge in [-0.25, -0.2) is 18.2 Å². The van der Waals surface area contributed by atoms with E-state index in [0.717, 1.165) is 12.8 Å². The van der Waals surface area contributed by atoms with Gasteiger partial charge in [-0.15, -0.1) is 0 Å². The van der Waals surface area contributed by atoms with E-state index in [1.165, 1.54) is 20.1 Å². The maximum atomic E-state index is 15.2. The molecule has 3 heterocycles. The molecule has 48 heavy (non-hydrogen) atoms. The Balaban J connectivity index is 1.34. The number of aromatic nitrogens is 3. The number of primary amides is 1. The standard InChI is InChI=1S/C35H30F3N5O5/c1-34(33(39)45)17-48-31-23(34)13-28(41-30(31)22-12-25(37)26(38)14-24(22)36)35(46,20-6-4-3-5-7-20)16-40-32(44)18-10-19-15-43(21-8-9-21)42-29(19)27(11-18)47-2/h3-7,10-15,21,46H,8-9,16-17H2,1-2H3,(H2,39,45)(H,40,44)/t34-,35+/m0/s1. The van der Waals surface area contributed by atoms with Gasteiger partial charge in [0.25, 0.3) is 5.91 Å². The summed E-state index contributed by atoms with van der Waals surface area (Å²) in [6.45, 7) is 0.814. The molecular weight excluding hydrogens is 627 g/mol. The highest BCUT2D eigenvalue weighted by atomic mass is 19.2. The first kappa shape index (κ1) is 31.2. The Bertz CT molecular complexity index is 2120. The van der Waals surface area contributed by atoms with Crippen molar-refractivity contribution in [1.29, 1.82) is 0 Å². The van der Waals surface area contributed by atoms with Gasteiger partial charge in [-0.1, -0.05) is 30.3 Å². The van der Waals surface area contributed by atoms with Crippen LogP contribution in [-0.2, 0) is 15.8 Å². The molecule has 2 aliphatic rings. The molecule has 7 rings (SSSR count). The zero-order chi connectivity index (χ0) is 34.0. The van der Waals surface area contributed by atoms with E-state index in [-0.39, 0.29) is 40.4 Å². The Morgan fingerprint density at radius 2 is 1.83 bits per heavy atom. The highest BCUT2D eigenvalue weighted by Gasteiger charge is 2.46. The molecule has 0 bridgehead atoms. The summed E-state index contributed by atoms with van der Waals surface area (Å²) in [5, 5.41) is 20.6. The van der Waals surface area contributed by atoms with E-state index in [1.807, 2.05) is 10.9 Å². The molecule has 1 aliphatic carbocycles. The topological polar surface area (TPSA) is 142 Å². The number of benzene rings is 3. The number of methoxy groups -OCH3 is 1. The molecule has 0 spiro atoms. The van der Waals surface area contributed by atoms with Gasteiger partial charge in [-0.05, 0) is 49.6 Å². The number of hydrogen-bond acceptors (Lipinski definition) is 7. The second-order valence-corrected chi connectivity index (χ2v) is 12.3. The fraction of sp³-hybridized carbons (Fsp3) is 0.257. The van der Waals surface area contributed by atoms with E-state index in [4.69, 9.17) is 15.2 Å². The number of hydrogen-bond donors (Lipinski definition) is 3. The van der Waals surface area contributed by atoms with Crippen LogP contribution in [0.4, 0.5) is 13.2 Å². The highest BCUT2D eigenvalue weighted by Crippen LogP contribution is 2.47. The molecule has 0 radical (unpaired) electrons. The van der Waals surface area contributed by atoms with Crippen molar-refractivity contribution in [2.24, 2.45) is 5.73 Å². The van der Waals surface area contributed by atoms with Crippen molar-refractivity contribution in [3.8, 4) is 22.8 Å². The number of ether oxygens (including phenoxy) is 2. The zero-order valence-electron chi connectivity index (χ0n) is 25.9. The van der Waals surface area contributed by atoms with Crippen molar-refractivity contribution >= 4 is 22.7 Å². The van der Waals surface area contributed by atoms with E-state index in [1.54, 1.807) is 42.5 Å². The van der Waals surface area contributed by atoms with Crippen LogP contribution in [-0.4, -0.2) is 51.9 Å². The average molecular weight is 658 g/mol. The lowest BCUT2D eigenvalue weighted by Gasteiger charge is -2.30. The van der Waals surface area contributed by atoms with Gasteiger partial charge >= 0.3 is 0 Å². The lowest BCUT2D eigenvalue weighted by Crippen LogP contribution is -2.43. The van der Waals surface area contributed by atoms with Gasteiger partial charge in [0.05, 0.1) is 25.4 Å². The molecular formula is C35H30F3N5O5. The van der Waals surface area contributed by atoms with Crippen LogP contribution in [0, 0.1) is 17.5 Å². The van der Waals surface area contributed by atoms with Crippen LogP contribution in [0.5, 0.6) is 11.5 Å². The van der Waals surface area contributed by atoms with Gasteiger partial charge in [0, 0.05) is 34.3 Å². The van der Waals surface area contributed by atoms with Gasteiger partial charge in [0.1, 0.15) is 46.1 Å². The molecule has 246 valence electrons. The van der Waals surface area contributed by atoms with Crippen LogP contribution >= 0.6 is 0 Å². The van der Waals surface area contributed by atoms with Gasteiger partial charge in [-0.2, -0.15) is 5.10 Å². The summed E-state index contributed by atoms with van der Waals surface area (Å²) in [4.78, 5) is 30.9. The van der Waals surface area contributed by atoms with Crippen molar-refractivity contribution in [3.63, 3.8) is 0 Å². The SMILES string of the molecule is COc1cc(C(=O)NC[C@@](O)(c2ccccc2)c2cc3c(c(-c4cc(F)c(F)cc4F)n2)OC[C@]3(C)C(N)=O)cc2cn(C3CC3)nc12. The second kappa shape index (κ2) is 11.4. The van der Waals surface area contributed by atoms with Gasteiger partial charge in [0.15, 0.2) is 11.6 Å². The molecule has 5 aromatic rings. The van der Waals surface area contributed by atoms with Crippen LogP contribution < -0.4 is 20.5 Å². The predicted octanol–water partition coefficient (Wildman–Crippen LogP) is 4.66. The Morgan fingerprint density at radius 1 is 1.10 bits per heavy atom. The summed E-state index contributed by atoms with van der Waals surface area (Å²) in [7, 11) is 1.48. The van der Waals surface area contributed by atoms with Crippen LogP contribution in [0.2, 0.25) is 0 Å². The smallest absolute Gasteiger partial charge is 0.251 e. The summed E-state index contributed by atoms with van der Waals surface area (Å²) in [6, 6.07) is 14.2. The number of aliphatic hydroxyl groups is 1. The number of pyridine rings is 1. The van der Waals surface area contributed by atoms with E-state index in [9.17, 15) is 23.5 Å². The molecule has 10 nitrogen and oxygen atoms in total. The van der Waals surface area contributed by atoms with Crippen LogP contribution in [0.1, 0.15) is 53.0 Å². The van der Waals surface area contributed by atoms with Crippen molar-refractivity contribution in [1.82, 2.24) is 20.1 Å². The molecule has 2 atom stereocenters. The normalized spacial score (nSPS) is 18.2. The van der Waals surface area contributed by atoms with Crippen molar-refractivity contribution in [2.75, 3.05) is 20.3 Å². The molecule has 2 aromatic heterocycles. The van der Waals surface area contributed by atoms with Crippen molar-refractivity contribution < 1.29 is 37.3 Å². The van der Waals surface area contributed by atoms with Crippen molar-refractivity contribution in [3.05, 3.63) is 107 Å². The van der Waals surface area contributed by atoms with Gasteiger partial charge in [-0.3, -0.25) is 14.3 Å². The monoisotopic (exact) mass is 657 g/mol. The number of carbonyl (C=O) groups excluding carboxylic acids is 2. The summed E-state index contributed by atoms with van der Waals surface area (Å²) in [5.41, 5.74) is 2.63. The fourth-order valence-electron chi connectivity index (χ4n) is 5.98. The fourth-order valence-corrected chi connectivity index (χ4v) is 5.98. The quantitative estimate of drug-likeness (QED) is 0.196. The number of carbonyl (C=O) groups is 2. The molecule has 1 aliphatic heterocycles. The minimum Gasteiger partial charge on any atom is -0.494 e. The molecule has 0 unspecified atom stereocenters. The molecule has 2 amide bonds. The molecule has 1 fully saturated rings. The van der Waals surface area contributed by atoms with E-state index >= 15 is 4.39 Å². The third-order valence-corrected chi connectivity index (χ3v) is 9.06. The summed E-state index contributed by atoms with van der Waals surface area (Å²) >= 11 is 0. The maximum absolute atomic E-state index is 15.2. The lowest BCUT2D eigenvalue weighted by atomic mass is 9.80. The summed E-state index contributed by atoms with van der Waals surface area (Å²) in [5.74, 6) is -4.91. The van der Waals surface area contributed by atoms with E-state index < -0.39 is 52.4 Å². The Labute approximate surface area is 272 Å². The number of rotatable bonds is 9. The summed E-state index contributed by atoms with van der Waals surface area (Å²) < 4.78 is 56.8. The van der Waals surface area contributed by atoms with Crippen LogP contribution in [0.25, 0.3) is 22.2 Å². The van der Waals surface area contributed by atoms with E-state index in [2.05, 4.69) is 15.4 Å². The van der Waals surface area contributed by atoms with E-state index in [0.29, 0.717) is 34.8 Å². The largest absolute Gasteiger partial charge is 0.494 e. The van der Waals surface area contributed by atoms with Gasteiger partial charge < -0.3 is 25.6 Å². The van der Waals surface area contributed by atoms with Gasteiger partial charge in [0.2, 0.25) is 5.91 Å². The van der Waals surface area contributed by atoms with Crippen LogP contribution in [0.3, 0.4) is 0 Å². The Kier molecular flexibility index (Phi) is 7.39. The first-order valence-electron chi connectivity index (χ1n) is 15.2. The number of amides is 2. The third-order valence-electron chi connectivity index (χ3n) is 9.06. The molecule has 0 saturated heterocycles. The average Bonchev–Trinajstić information content (AvgIpc) is 3.75. The molecule has 13 heteroatoms. The molecule has 3 aromatic carbocycles.